The van der Waals surface area contributed by atoms with E-state index < -0.39 is 0 Å². The van der Waals surface area contributed by atoms with Crippen LogP contribution in [-0.4, -0.2) is 0 Å². The van der Waals surface area contributed by atoms with Crippen LogP contribution in [-0.2, 0) is 21.7 Å². The summed E-state index contributed by atoms with van der Waals surface area (Å²) in [6, 6.07) is 32.7. The molecule has 0 saturated carbocycles. The summed E-state index contributed by atoms with van der Waals surface area (Å²) >= 11 is 11.9. The van der Waals surface area contributed by atoms with Gasteiger partial charge in [-0.15, -0.1) is 0 Å². The van der Waals surface area contributed by atoms with Crippen LogP contribution in [0.3, 0.4) is 0 Å². The van der Waals surface area contributed by atoms with E-state index in [0.29, 0.717) is 0 Å². The summed E-state index contributed by atoms with van der Waals surface area (Å²) in [6.45, 7) is 27.6. The summed E-state index contributed by atoms with van der Waals surface area (Å²) < 4.78 is 2.06. The molecule has 5 aromatic rings. The first-order valence-corrected chi connectivity index (χ1v) is 21.4. The topological polar surface area (TPSA) is 6.48 Å². The molecule has 0 saturated heterocycles. The molecule has 0 aromatic heterocycles. The predicted octanol–water partition coefficient (Wildman–Crippen LogP) is 16.3. The highest BCUT2D eigenvalue weighted by molar-refractivity contribution is 9.11. The molecule has 2 heterocycles. The standard InChI is InChI=1S/C46H50Br2N2S2/c1-43(2,3)27-13-17-33-39(21-27)51-40-22-28(44(4,5)6)14-18-34(40)49(33)37-26-38(32(48)25-31(37)47)50-35-19-15-29(45(7,8)9)23-41(35)52-42-24-30(46(10,11)12)16-20-36(42)50/h13-26H,1-12H3. The van der Waals surface area contributed by atoms with E-state index in [4.69, 9.17) is 0 Å². The van der Waals surface area contributed by atoms with Gasteiger partial charge in [-0.3, -0.25) is 0 Å². The van der Waals surface area contributed by atoms with Gasteiger partial charge in [-0.25, -0.2) is 0 Å². The van der Waals surface area contributed by atoms with Crippen molar-refractivity contribution in [3.63, 3.8) is 0 Å². The fourth-order valence-electron chi connectivity index (χ4n) is 6.87. The molecule has 2 aliphatic heterocycles. The Bertz CT molecular complexity index is 1950. The second kappa shape index (κ2) is 13.0. The van der Waals surface area contributed by atoms with Gasteiger partial charge in [0.2, 0.25) is 0 Å². The molecule has 0 bridgehead atoms. The highest BCUT2D eigenvalue weighted by Crippen LogP contribution is 2.58. The van der Waals surface area contributed by atoms with Crippen molar-refractivity contribution in [3.05, 3.63) is 116 Å². The second-order valence-corrected chi connectivity index (χ2v) is 22.2. The molecule has 5 aromatic carbocycles. The van der Waals surface area contributed by atoms with Crippen LogP contribution in [0.1, 0.15) is 105 Å². The molecular weight excluding hydrogens is 804 g/mol. The van der Waals surface area contributed by atoms with Crippen molar-refractivity contribution in [2.45, 2.75) is 124 Å². The number of halogens is 2. The fourth-order valence-corrected chi connectivity index (χ4v) is 10.5. The van der Waals surface area contributed by atoms with Crippen molar-refractivity contribution in [3.8, 4) is 0 Å². The lowest BCUT2D eigenvalue weighted by Gasteiger charge is -2.38. The lowest BCUT2D eigenvalue weighted by atomic mass is 9.86. The molecule has 52 heavy (non-hydrogen) atoms. The summed E-state index contributed by atoms with van der Waals surface area (Å²) in [6.07, 6.45) is 0. The van der Waals surface area contributed by atoms with Crippen LogP contribution in [0.4, 0.5) is 34.1 Å². The van der Waals surface area contributed by atoms with Crippen LogP contribution in [0.15, 0.2) is 113 Å². The van der Waals surface area contributed by atoms with E-state index >= 15 is 0 Å². The van der Waals surface area contributed by atoms with Gasteiger partial charge in [0.25, 0.3) is 0 Å². The maximum absolute atomic E-state index is 4.06. The summed E-state index contributed by atoms with van der Waals surface area (Å²) in [5.74, 6) is 0. The zero-order chi connectivity index (χ0) is 37.7. The smallest absolute Gasteiger partial charge is 0.0626 e. The van der Waals surface area contributed by atoms with Crippen LogP contribution < -0.4 is 9.80 Å². The van der Waals surface area contributed by atoms with E-state index in [9.17, 15) is 0 Å². The van der Waals surface area contributed by atoms with Crippen LogP contribution in [0.5, 0.6) is 0 Å². The number of fused-ring (bicyclic) bond motifs is 4. The molecule has 0 fully saturated rings. The fraction of sp³-hybridized carbons (Fsp3) is 0.348. The van der Waals surface area contributed by atoms with E-state index in [-0.39, 0.29) is 21.7 Å². The van der Waals surface area contributed by atoms with Gasteiger partial charge < -0.3 is 9.80 Å². The van der Waals surface area contributed by atoms with Gasteiger partial charge in [0, 0.05) is 28.5 Å². The van der Waals surface area contributed by atoms with E-state index in [2.05, 4.69) is 210 Å². The van der Waals surface area contributed by atoms with Gasteiger partial charge in [0.05, 0.1) is 34.1 Å². The predicted molar refractivity (Wildman–Crippen MR) is 234 cm³/mol. The number of rotatable bonds is 2. The molecule has 7 rings (SSSR count). The van der Waals surface area contributed by atoms with Gasteiger partial charge >= 0.3 is 0 Å². The lowest BCUT2D eigenvalue weighted by Crippen LogP contribution is -2.21. The van der Waals surface area contributed by atoms with Crippen molar-refractivity contribution in [2.24, 2.45) is 0 Å². The Hall–Kier alpha value is -2.64. The van der Waals surface area contributed by atoms with Gasteiger partial charge in [0.1, 0.15) is 0 Å². The molecule has 270 valence electrons. The van der Waals surface area contributed by atoms with E-state index in [1.807, 2.05) is 23.5 Å². The van der Waals surface area contributed by atoms with Crippen LogP contribution >= 0.6 is 55.4 Å². The largest absolute Gasteiger partial charge is 0.307 e. The minimum absolute atomic E-state index is 0.0477. The minimum atomic E-state index is 0.0477. The lowest BCUT2D eigenvalue weighted by molar-refractivity contribution is 0.587. The SMILES string of the molecule is CC(C)(C)c1ccc2c(c1)Sc1cc(C(C)(C)C)ccc1N2c1cc(N2c3ccc(C(C)(C)C)cc3Sc3cc(C(C)(C)C)ccc32)c(Br)cc1Br. The summed E-state index contributed by atoms with van der Waals surface area (Å²) in [7, 11) is 0. The molecule has 2 aliphatic rings. The van der Waals surface area contributed by atoms with Crippen molar-refractivity contribution in [1.82, 2.24) is 0 Å². The Morgan fingerprint density at radius 3 is 0.827 bits per heavy atom. The maximum Gasteiger partial charge on any atom is 0.0626 e. The average molecular weight is 855 g/mol. The first-order valence-electron chi connectivity index (χ1n) is 18.1. The number of hydrogen-bond acceptors (Lipinski definition) is 4. The molecule has 0 spiro atoms. The van der Waals surface area contributed by atoms with E-state index in [1.165, 1.54) is 64.6 Å². The molecule has 0 unspecified atom stereocenters. The average Bonchev–Trinajstić information content (AvgIpc) is 3.04. The first kappa shape index (κ1) is 37.7. The third kappa shape index (κ3) is 6.91. The highest BCUT2D eigenvalue weighted by Gasteiger charge is 2.33. The van der Waals surface area contributed by atoms with E-state index in [0.717, 1.165) is 20.3 Å². The van der Waals surface area contributed by atoms with Crippen molar-refractivity contribution >= 4 is 89.5 Å². The normalized spacial score (nSPS) is 14.5. The second-order valence-electron chi connectivity index (χ2n) is 18.4. The third-order valence-corrected chi connectivity index (χ3v) is 13.7. The molecule has 2 nitrogen and oxygen atoms in total. The van der Waals surface area contributed by atoms with Gasteiger partial charge in [0.15, 0.2) is 0 Å². The van der Waals surface area contributed by atoms with Crippen molar-refractivity contribution < 1.29 is 0 Å². The monoisotopic (exact) mass is 852 g/mol. The molecule has 0 aliphatic carbocycles. The molecule has 0 N–H and O–H groups in total. The maximum atomic E-state index is 4.06. The Balaban J connectivity index is 1.47. The Labute approximate surface area is 337 Å². The molecule has 0 radical (unpaired) electrons. The number of anilines is 6. The zero-order valence-corrected chi connectivity index (χ0v) is 37.4. The quantitative estimate of drug-likeness (QED) is 0.171. The Kier molecular flexibility index (Phi) is 9.41. The zero-order valence-electron chi connectivity index (χ0n) is 32.5. The van der Waals surface area contributed by atoms with Gasteiger partial charge in [-0.05, 0) is 136 Å². The Morgan fingerprint density at radius 1 is 0.346 bits per heavy atom. The molecule has 0 atom stereocenters. The number of nitrogens with zero attached hydrogens (tertiary/aromatic N) is 2. The summed E-state index contributed by atoms with van der Waals surface area (Å²) in [4.78, 5) is 10.0. The van der Waals surface area contributed by atoms with E-state index in [1.54, 1.807) is 0 Å². The van der Waals surface area contributed by atoms with Gasteiger partial charge in [-0.1, -0.05) is 131 Å². The van der Waals surface area contributed by atoms with Crippen molar-refractivity contribution in [2.75, 3.05) is 9.80 Å². The minimum Gasteiger partial charge on any atom is -0.307 e. The molecule has 6 heteroatoms. The highest BCUT2D eigenvalue weighted by atomic mass is 79.9. The van der Waals surface area contributed by atoms with Crippen LogP contribution in [0.25, 0.3) is 0 Å². The summed E-state index contributed by atoms with van der Waals surface area (Å²) in [5.41, 5.74) is 12.5. The van der Waals surface area contributed by atoms with Crippen LogP contribution in [0, 0.1) is 0 Å². The third-order valence-electron chi connectivity index (χ3n) is 10.2. The van der Waals surface area contributed by atoms with Crippen molar-refractivity contribution in [1.29, 1.82) is 0 Å². The van der Waals surface area contributed by atoms with Gasteiger partial charge in [-0.2, -0.15) is 0 Å². The first-order chi connectivity index (χ1) is 24.1. The molecule has 0 amide bonds. The Morgan fingerprint density at radius 2 is 0.596 bits per heavy atom. The molecular formula is C46H50Br2N2S2. The number of benzene rings is 5. The summed E-state index contributed by atoms with van der Waals surface area (Å²) in [5, 5.41) is 0. The van der Waals surface area contributed by atoms with Crippen LogP contribution in [0.2, 0.25) is 0 Å². The number of hydrogen-bond donors (Lipinski definition) is 0.